The second-order valence-corrected chi connectivity index (χ2v) is 18.6. The molecule has 3 aliphatic rings. The van der Waals surface area contributed by atoms with Gasteiger partial charge in [0.2, 0.25) is 0 Å². The molecule has 0 nitrogen and oxygen atoms in total. The number of rotatable bonds is 3. The van der Waals surface area contributed by atoms with Crippen LogP contribution in [0, 0.1) is 0 Å². The largest absolute Gasteiger partial charge is 0.160 e. The summed E-state index contributed by atoms with van der Waals surface area (Å²) in [6.07, 6.45) is 0. The van der Waals surface area contributed by atoms with Crippen molar-refractivity contribution >= 4 is 94.1 Å². The molecule has 3 rings (SSSR count). The number of thioether (sulfide) groups is 8. The average Bonchev–Trinajstić information content (AvgIpc) is 3.13. The molecular formula is C16H28S8. The van der Waals surface area contributed by atoms with E-state index < -0.39 is 0 Å². The van der Waals surface area contributed by atoms with Crippen molar-refractivity contribution in [2.45, 2.75) is 49.8 Å². The van der Waals surface area contributed by atoms with Crippen LogP contribution in [0.1, 0.15) is 20.8 Å². The third-order valence-electron chi connectivity index (χ3n) is 3.99. The molecule has 3 aliphatic heterocycles. The minimum absolute atomic E-state index is 0.424. The summed E-state index contributed by atoms with van der Waals surface area (Å²) in [5, 5.41) is 3.36. The molecule has 3 heterocycles. The second-order valence-electron chi connectivity index (χ2n) is 6.47. The summed E-state index contributed by atoms with van der Waals surface area (Å²) in [6.45, 7) is 7.22. The van der Waals surface area contributed by atoms with Crippen LogP contribution in [0.5, 0.6) is 0 Å². The quantitative estimate of drug-likeness (QED) is 0.423. The standard InChI is InChI=1S/C16H28S8/c1-11-6-21-16(22-7-12(2)24-16)10-20-14(8-17-4-5-18-11)9-19-15-13(3)23-15/h11-15H,4-10H2,1-3H3. The Balaban J connectivity index is 1.56. The van der Waals surface area contributed by atoms with Crippen LogP contribution in [0.25, 0.3) is 0 Å². The van der Waals surface area contributed by atoms with Gasteiger partial charge >= 0.3 is 0 Å². The molecule has 3 saturated heterocycles. The topological polar surface area (TPSA) is 0 Å². The summed E-state index contributed by atoms with van der Waals surface area (Å²) in [5.74, 6) is 9.35. The highest BCUT2D eigenvalue weighted by Crippen LogP contribution is 2.57. The Morgan fingerprint density at radius 1 is 0.958 bits per heavy atom. The lowest BCUT2D eigenvalue weighted by atomic mass is 10.5. The van der Waals surface area contributed by atoms with E-state index in [-0.39, 0.29) is 0 Å². The van der Waals surface area contributed by atoms with Crippen LogP contribution < -0.4 is 0 Å². The van der Waals surface area contributed by atoms with Gasteiger partial charge in [0, 0.05) is 61.3 Å². The summed E-state index contributed by atoms with van der Waals surface area (Å²) in [5.41, 5.74) is 0. The molecule has 0 aliphatic carbocycles. The monoisotopic (exact) mass is 476 g/mol. The first-order chi connectivity index (χ1) is 11.6. The van der Waals surface area contributed by atoms with Gasteiger partial charge in [0.25, 0.3) is 0 Å². The maximum Gasteiger partial charge on any atom is 0.116 e. The van der Waals surface area contributed by atoms with Gasteiger partial charge in [0.05, 0.1) is 4.58 Å². The molecule has 3 fully saturated rings. The lowest BCUT2D eigenvalue weighted by Crippen LogP contribution is -2.23. The summed E-state index contributed by atoms with van der Waals surface area (Å²) in [4.78, 5) is 0. The van der Waals surface area contributed by atoms with Crippen molar-refractivity contribution in [2.24, 2.45) is 0 Å². The summed E-state index contributed by atoms with van der Waals surface area (Å²) >= 11 is 17.8. The third-order valence-corrected chi connectivity index (χ3v) is 18.2. The molecular weight excluding hydrogens is 449 g/mol. The van der Waals surface area contributed by atoms with Crippen molar-refractivity contribution < 1.29 is 0 Å². The highest BCUT2D eigenvalue weighted by Gasteiger charge is 2.41. The maximum absolute atomic E-state index is 2.43. The summed E-state index contributed by atoms with van der Waals surface area (Å²) in [7, 11) is 0. The van der Waals surface area contributed by atoms with Gasteiger partial charge in [-0.05, 0) is 0 Å². The molecule has 0 aromatic heterocycles. The van der Waals surface area contributed by atoms with Gasteiger partial charge in [0.15, 0.2) is 0 Å². The van der Waals surface area contributed by atoms with Gasteiger partial charge < -0.3 is 0 Å². The Bertz CT molecular complexity index is 394. The van der Waals surface area contributed by atoms with Gasteiger partial charge in [-0.1, -0.05) is 20.8 Å². The van der Waals surface area contributed by atoms with Crippen LogP contribution in [-0.2, 0) is 0 Å². The Morgan fingerprint density at radius 2 is 1.71 bits per heavy atom. The summed E-state index contributed by atoms with van der Waals surface area (Å²) in [6, 6.07) is 0. The van der Waals surface area contributed by atoms with Crippen molar-refractivity contribution in [2.75, 3.05) is 40.3 Å². The maximum atomic E-state index is 2.43. The van der Waals surface area contributed by atoms with Crippen molar-refractivity contribution in [1.29, 1.82) is 0 Å². The normalized spacial score (nSPS) is 44.9. The van der Waals surface area contributed by atoms with Crippen LogP contribution in [0.15, 0.2) is 0 Å². The molecule has 0 saturated carbocycles. The molecule has 8 heteroatoms. The zero-order valence-corrected chi connectivity index (χ0v) is 21.1. The molecule has 6 atom stereocenters. The third kappa shape index (κ3) is 7.00. The first-order valence-corrected chi connectivity index (χ1v) is 16.7. The Kier molecular flexibility index (Phi) is 9.45. The molecule has 6 unspecified atom stereocenters. The Hall–Kier alpha value is 2.80. The number of hydrogen-bond donors (Lipinski definition) is 0. The minimum atomic E-state index is 0.424. The predicted molar refractivity (Wildman–Crippen MR) is 133 cm³/mol. The summed E-state index contributed by atoms with van der Waals surface area (Å²) < 4.78 is 1.32. The fourth-order valence-corrected chi connectivity index (χ4v) is 15.5. The highest BCUT2D eigenvalue weighted by molar-refractivity contribution is 8.36. The fourth-order valence-electron chi connectivity index (χ4n) is 2.53. The lowest BCUT2D eigenvalue weighted by molar-refractivity contribution is 1.11. The van der Waals surface area contributed by atoms with Crippen LogP contribution in [-0.4, -0.2) is 69.3 Å². The predicted octanol–water partition coefficient (Wildman–Crippen LogP) is 6.41. The first-order valence-electron chi connectivity index (χ1n) is 8.60. The smallest absolute Gasteiger partial charge is 0.116 e. The molecule has 0 aromatic rings. The van der Waals surface area contributed by atoms with E-state index in [2.05, 4.69) is 115 Å². The van der Waals surface area contributed by atoms with Crippen LogP contribution >= 0.6 is 94.1 Å². The molecule has 1 spiro atoms. The van der Waals surface area contributed by atoms with Gasteiger partial charge in [-0.25, -0.2) is 0 Å². The van der Waals surface area contributed by atoms with Crippen LogP contribution in [0.2, 0.25) is 0 Å². The second kappa shape index (κ2) is 10.5. The van der Waals surface area contributed by atoms with Gasteiger partial charge in [-0.2, -0.15) is 35.3 Å². The zero-order chi connectivity index (χ0) is 17.0. The van der Waals surface area contributed by atoms with E-state index >= 15 is 0 Å². The van der Waals surface area contributed by atoms with Crippen molar-refractivity contribution in [1.82, 2.24) is 0 Å². The molecule has 0 N–H and O–H groups in total. The van der Waals surface area contributed by atoms with Crippen molar-refractivity contribution in [3.05, 3.63) is 0 Å². The van der Waals surface area contributed by atoms with Gasteiger partial charge in [0.1, 0.15) is 3.41 Å². The molecule has 0 amide bonds. The van der Waals surface area contributed by atoms with Crippen LogP contribution in [0.4, 0.5) is 0 Å². The fraction of sp³-hybridized carbons (Fsp3) is 1.00. The number of hydrogen-bond acceptors (Lipinski definition) is 8. The van der Waals surface area contributed by atoms with E-state index in [1.165, 1.54) is 40.3 Å². The SMILES string of the molecule is CC1CSC2(CSC(CSC3SC3C)CSCCS1)SCC(C)S2. The van der Waals surface area contributed by atoms with Crippen molar-refractivity contribution in [3.8, 4) is 0 Å². The van der Waals surface area contributed by atoms with Crippen molar-refractivity contribution in [3.63, 3.8) is 0 Å². The van der Waals surface area contributed by atoms with E-state index in [4.69, 9.17) is 0 Å². The van der Waals surface area contributed by atoms with E-state index in [1.807, 2.05) is 0 Å². The highest BCUT2D eigenvalue weighted by atomic mass is 32.3. The molecule has 140 valence electrons. The Morgan fingerprint density at radius 3 is 2.38 bits per heavy atom. The van der Waals surface area contributed by atoms with Gasteiger partial charge in [-0.3, -0.25) is 0 Å². The lowest BCUT2D eigenvalue weighted by Gasteiger charge is -2.30. The zero-order valence-electron chi connectivity index (χ0n) is 14.6. The van der Waals surface area contributed by atoms with E-state index in [0.29, 0.717) is 3.41 Å². The van der Waals surface area contributed by atoms with Gasteiger partial charge in [-0.15, -0.1) is 58.8 Å². The minimum Gasteiger partial charge on any atom is -0.160 e. The molecule has 0 aromatic carbocycles. The Labute approximate surface area is 182 Å². The first kappa shape index (κ1) is 21.5. The molecule has 0 radical (unpaired) electrons. The van der Waals surface area contributed by atoms with Crippen LogP contribution in [0.3, 0.4) is 0 Å². The average molecular weight is 477 g/mol. The van der Waals surface area contributed by atoms with E-state index in [0.717, 1.165) is 25.6 Å². The molecule has 24 heavy (non-hydrogen) atoms. The molecule has 0 bridgehead atoms. The van der Waals surface area contributed by atoms with E-state index in [1.54, 1.807) is 0 Å². The van der Waals surface area contributed by atoms with E-state index in [9.17, 15) is 0 Å².